The summed E-state index contributed by atoms with van der Waals surface area (Å²) in [7, 11) is 3.17. The third kappa shape index (κ3) is 2.43. The van der Waals surface area contributed by atoms with Crippen molar-refractivity contribution in [2.24, 2.45) is 10.8 Å². The van der Waals surface area contributed by atoms with Gasteiger partial charge in [0, 0.05) is 17.2 Å². The van der Waals surface area contributed by atoms with Crippen LogP contribution in [0.15, 0.2) is 53.5 Å². The summed E-state index contributed by atoms with van der Waals surface area (Å²) in [5.74, 6) is 7.61. The van der Waals surface area contributed by atoms with E-state index in [1.165, 1.54) is 5.01 Å². The van der Waals surface area contributed by atoms with E-state index in [1.54, 1.807) is 26.6 Å². The fraction of sp³-hybridized carbons (Fsp3) is 0.150. The van der Waals surface area contributed by atoms with Gasteiger partial charge in [-0.3, -0.25) is 5.01 Å². The number of ether oxygens (including phenoxy) is 2. The molecule has 3 aromatic rings. The number of phenols is 1. The summed E-state index contributed by atoms with van der Waals surface area (Å²) in [6.45, 7) is 0. The minimum Gasteiger partial charge on any atom is -0.508 e. The number of hydrogen-bond acceptors (Lipinski definition) is 6. The molecule has 0 saturated heterocycles. The van der Waals surface area contributed by atoms with Gasteiger partial charge < -0.3 is 14.6 Å². The van der Waals surface area contributed by atoms with Gasteiger partial charge in [-0.15, -0.1) is 0 Å². The SMILES string of the molecule is COc1cc2c(cc1OC)C(c1c(O)ccc3ccccc13)N(N)C=N2. The lowest BCUT2D eigenvalue weighted by Gasteiger charge is -2.32. The Balaban J connectivity index is 2.00. The molecule has 1 aliphatic rings. The highest BCUT2D eigenvalue weighted by molar-refractivity contribution is 5.89. The van der Waals surface area contributed by atoms with Crippen LogP contribution in [0.5, 0.6) is 17.2 Å². The molecule has 1 unspecified atom stereocenters. The summed E-state index contributed by atoms with van der Waals surface area (Å²) in [5.41, 5.74) is 2.28. The number of rotatable bonds is 3. The van der Waals surface area contributed by atoms with Crippen molar-refractivity contribution in [3.63, 3.8) is 0 Å². The predicted octanol–water partition coefficient (Wildman–Crippen LogP) is 3.50. The van der Waals surface area contributed by atoms with Crippen LogP contribution in [0.25, 0.3) is 10.8 Å². The van der Waals surface area contributed by atoms with E-state index < -0.39 is 6.04 Å². The van der Waals surface area contributed by atoms with Crippen molar-refractivity contribution < 1.29 is 14.6 Å². The third-order valence-corrected chi connectivity index (χ3v) is 4.68. The summed E-state index contributed by atoms with van der Waals surface area (Å²) in [4.78, 5) is 4.40. The van der Waals surface area contributed by atoms with Crippen molar-refractivity contribution in [3.8, 4) is 17.2 Å². The maximum atomic E-state index is 10.6. The molecule has 0 aromatic heterocycles. The van der Waals surface area contributed by atoms with E-state index in [-0.39, 0.29) is 5.75 Å². The summed E-state index contributed by atoms with van der Waals surface area (Å²) in [5, 5.41) is 14.1. The van der Waals surface area contributed by atoms with Gasteiger partial charge in [-0.1, -0.05) is 30.3 Å². The minimum absolute atomic E-state index is 0.181. The zero-order valence-corrected chi connectivity index (χ0v) is 14.5. The monoisotopic (exact) mass is 349 g/mol. The molecule has 0 saturated carbocycles. The zero-order chi connectivity index (χ0) is 18.3. The number of hydrogen-bond donors (Lipinski definition) is 2. The highest BCUT2D eigenvalue weighted by atomic mass is 16.5. The van der Waals surface area contributed by atoms with Crippen molar-refractivity contribution in [3.05, 3.63) is 59.7 Å². The average molecular weight is 349 g/mol. The van der Waals surface area contributed by atoms with E-state index in [4.69, 9.17) is 15.3 Å². The third-order valence-electron chi connectivity index (χ3n) is 4.68. The smallest absolute Gasteiger partial charge is 0.162 e. The highest BCUT2D eigenvalue weighted by Crippen LogP contribution is 2.46. The Kier molecular flexibility index (Phi) is 3.89. The molecule has 0 bridgehead atoms. The molecule has 0 radical (unpaired) electrons. The maximum absolute atomic E-state index is 10.6. The van der Waals surface area contributed by atoms with Crippen molar-refractivity contribution >= 4 is 22.8 Å². The fourth-order valence-electron chi connectivity index (χ4n) is 3.45. The number of nitrogens with two attached hydrogens (primary N) is 1. The maximum Gasteiger partial charge on any atom is 0.162 e. The first kappa shape index (κ1) is 16.2. The molecule has 0 amide bonds. The molecule has 6 heteroatoms. The van der Waals surface area contributed by atoms with Gasteiger partial charge in [0.15, 0.2) is 11.5 Å². The van der Waals surface area contributed by atoms with Crippen LogP contribution in [-0.2, 0) is 0 Å². The number of benzene rings is 3. The topological polar surface area (TPSA) is 80.3 Å². The van der Waals surface area contributed by atoms with E-state index >= 15 is 0 Å². The molecule has 3 aromatic carbocycles. The van der Waals surface area contributed by atoms with Crippen LogP contribution in [0.4, 0.5) is 5.69 Å². The second-order valence-corrected chi connectivity index (χ2v) is 6.08. The molecule has 0 fully saturated rings. The molecule has 6 nitrogen and oxygen atoms in total. The standard InChI is InChI=1S/C20H19N3O3/c1-25-17-9-14-15(10-18(17)26-2)22-11-23(21)20(14)19-13-6-4-3-5-12(13)7-8-16(19)24/h3-11,20,24H,21H2,1-2H3. The highest BCUT2D eigenvalue weighted by Gasteiger charge is 2.30. The summed E-state index contributed by atoms with van der Waals surface area (Å²) in [6, 6.07) is 14.7. The van der Waals surface area contributed by atoms with Crippen LogP contribution in [0.1, 0.15) is 17.2 Å². The van der Waals surface area contributed by atoms with Gasteiger partial charge in [-0.2, -0.15) is 0 Å². The Morgan fingerprint density at radius 3 is 2.54 bits per heavy atom. The van der Waals surface area contributed by atoms with Gasteiger partial charge in [-0.05, 0) is 22.9 Å². The Hall–Kier alpha value is -3.25. The Bertz CT molecular complexity index is 1020. The van der Waals surface area contributed by atoms with Crippen LogP contribution in [0.3, 0.4) is 0 Å². The number of phenolic OH excluding ortho intramolecular Hbond substituents is 1. The molecule has 1 atom stereocenters. The van der Waals surface area contributed by atoms with E-state index in [2.05, 4.69) is 4.99 Å². The lowest BCUT2D eigenvalue weighted by Crippen LogP contribution is -2.36. The zero-order valence-electron chi connectivity index (χ0n) is 14.5. The summed E-state index contributed by atoms with van der Waals surface area (Å²) in [6.07, 6.45) is 1.56. The van der Waals surface area contributed by atoms with Crippen LogP contribution in [0.2, 0.25) is 0 Å². The number of nitrogens with zero attached hydrogens (tertiary/aromatic N) is 2. The number of methoxy groups -OCH3 is 2. The molecular weight excluding hydrogens is 330 g/mol. The summed E-state index contributed by atoms with van der Waals surface area (Å²) >= 11 is 0. The fourth-order valence-corrected chi connectivity index (χ4v) is 3.45. The van der Waals surface area contributed by atoms with Gasteiger partial charge in [0.05, 0.1) is 19.9 Å². The number of hydrazine groups is 1. The van der Waals surface area contributed by atoms with Crippen LogP contribution in [-0.4, -0.2) is 30.7 Å². The molecule has 4 rings (SSSR count). The Morgan fingerprint density at radius 2 is 1.77 bits per heavy atom. The van der Waals surface area contributed by atoms with Crippen LogP contribution < -0.4 is 15.3 Å². The molecule has 3 N–H and O–H groups in total. The molecule has 26 heavy (non-hydrogen) atoms. The first-order valence-corrected chi connectivity index (χ1v) is 8.17. The average Bonchev–Trinajstić information content (AvgIpc) is 2.67. The van der Waals surface area contributed by atoms with Gasteiger partial charge in [0.2, 0.25) is 0 Å². The first-order valence-electron chi connectivity index (χ1n) is 8.17. The van der Waals surface area contributed by atoms with Crippen LogP contribution >= 0.6 is 0 Å². The Morgan fingerprint density at radius 1 is 1.04 bits per heavy atom. The number of fused-ring (bicyclic) bond motifs is 2. The quantitative estimate of drug-likeness (QED) is 0.708. The Labute approximate surface area is 151 Å². The van der Waals surface area contributed by atoms with Crippen molar-refractivity contribution in [2.45, 2.75) is 6.04 Å². The largest absolute Gasteiger partial charge is 0.508 e. The van der Waals surface area contributed by atoms with Gasteiger partial charge in [0.1, 0.15) is 18.1 Å². The minimum atomic E-state index is -0.409. The van der Waals surface area contributed by atoms with Gasteiger partial charge >= 0.3 is 0 Å². The first-order chi connectivity index (χ1) is 12.6. The van der Waals surface area contributed by atoms with E-state index in [1.807, 2.05) is 42.5 Å². The molecule has 132 valence electrons. The molecule has 0 spiro atoms. The van der Waals surface area contributed by atoms with E-state index in [9.17, 15) is 5.11 Å². The summed E-state index contributed by atoms with van der Waals surface area (Å²) < 4.78 is 10.8. The van der Waals surface area contributed by atoms with Gasteiger partial charge in [0.25, 0.3) is 0 Å². The molecule has 0 aliphatic carbocycles. The molecular formula is C20H19N3O3. The van der Waals surface area contributed by atoms with Crippen LogP contribution in [0, 0.1) is 0 Å². The van der Waals surface area contributed by atoms with E-state index in [0.717, 1.165) is 27.6 Å². The van der Waals surface area contributed by atoms with Gasteiger partial charge in [-0.25, -0.2) is 10.8 Å². The lowest BCUT2D eigenvalue weighted by atomic mass is 9.90. The molecule has 1 aliphatic heterocycles. The molecule has 1 heterocycles. The number of aromatic hydroxyl groups is 1. The predicted molar refractivity (Wildman–Crippen MR) is 101 cm³/mol. The van der Waals surface area contributed by atoms with Crippen molar-refractivity contribution in [1.29, 1.82) is 0 Å². The second-order valence-electron chi connectivity index (χ2n) is 6.08. The lowest BCUT2D eigenvalue weighted by molar-refractivity contribution is 0.346. The number of aliphatic imine (C=N–C) groups is 1. The van der Waals surface area contributed by atoms with Crippen molar-refractivity contribution in [2.75, 3.05) is 14.2 Å². The van der Waals surface area contributed by atoms with E-state index in [0.29, 0.717) is 11.5 Å². The normalized spacial score (nSPS) is 15.8. The second kappa shape index (κ2) is 6.24. The van der Waals surface area contributed by atoms with Crippen molar-refractivity contribution in [1.82, 2.24) is 5.01 Å².